The van der Waals surface area contributed by atoms with Crippen LogP contribution in [0.25, 0.3) is 0 Å². The highest BCUT2D eigenvalue weighted by Gasteiger charge is 2.54. The number of halogens is 3. The van der Waals surface area contributed by atoms with Crippen LogP contribution in [0.5, 0.6) is 0 Å². The van der Waals surface area contributed by atoms with Gasteiger partial charge < -0.3 is 15.7 Å². The zero-order chi connectivity index (χ0) is 17.4. The van der Waals surface area contributed by atoms with Crippen LogP contribution in [0.1, 0.15) is 37.7 Å². The summed E-state index contributed by atoms with van der Waals surface area (Å²) in [7, 11) is 0. The Balaban J connectivity index is 0.00000225. The number of nitrogens with two attached hydrogens (primary N) is 1. The number of hydrogen-bond donors (Lipinski definition) is 2. The van der Waals surface area contributed by atoms with E-state index in [2.05, 4.69) is 0 Å². The molecule has 0 aromatic heterocycles. The lowest BCUT2D eigenvalue weighted by atomic mass is 9.78. The van der Waals surface area contributed by atoms with Gasteiger partial charge in [-0.2, -0.15) is 0 Å². The van der Waals surface area contributed by atoms with E-state index >= 15 is 0 Å². The Kier molecular flexibility index (Phi) is 6.07. The zero-order valence-electron chi connectivity index (χ0n) is 14.0. The first-order valence-corrected chi connectivity index (χ1v) is 8.53. The van der Waals surface area contributed by atoms with Crippen molar-refractivity contribution >= 4 is 18.3 Å². The Hall–Kier alpha value is -1.24. The van der Waals surface area contributed by atoms with Crippen molar-refractivity contribution in [3.05, 3.63) is 35.9 Å². The van der Waals surface area contributed by atoms with Gasteiger partial charge in [0, 0.05) is 37.9 Å². The molecule has 7 heteroatoms. The van der Waals surface area contributed by atoms with E-state index in [1.165, 1.54) is 0 Å². The predicted octanol–water partition coefficient (Wildman–Crippen LogP) is 2.68. The number of carbonyl (C=O) groups is 1. The van der Waals surface area contributed by atoms with Crippen LogP contribution in [0.3, 0.4) is 0 Å². The van der Waals surface area contributed by atoms with Gasteiger partial charge in [-0.1, -0.05) is 30.3 Å². The standard InChI is InChI=1S/C18H24F2N2O2.ClH/c19-17(20)9-6-14(12-17)18(24,13-4-2-1-3-5-13)16(23)22-10-7-15(21)8-11-22;/h1-5,14-15,24H,6-12,21H2;1H/t14-,18+;/m1./s1. The van der Waals surface area contributed by atoms with Crippen LogP contribution in [0, 0.1) is 5.92 Å². The lowest BCUT2D eigenvalue weighted by molar-refractivity contribution is -0.161. The van der Waals surface area contributed by atoms with Gasteiger partial charge in [0.25, 0.3) is 5.91 Å². The maximum atomic E-state index is 13.7. The van der Waals surface area contributed by atoms with Gasteiger partial charge in [-0.05, 0) is 24.8 Å². The fourth-order valence-electron chi connectivity index (χ4n) is 3.88. The van der Waals surface area contributed by atoms with Crippen LogP contribution >= 0.6 is 12.4 Å². The van der Waals surface area contributed by atoms with Gasteiger partial charge in [0.05, 0.1) is 0 Å². The van der Waals surface area contributed by atoms with Crippen LogP contribution in [0.15, 0.2) is 30.3 Å². The second-order valence-corrected chi connectivity index (χ2v) is 7.06. The molecule has 2 aliphatic rings. The summed E-state index contributed by atoms with van der Waals surface area (Å²) in [6, 6.07) is 8.54. The highest BCUT2D eigenvalue weighted by molar-refractivity contribution is 5.87. The summed E-state index contributed by atoms with van der Waals surface area (Å²) >= 11 is 0. The Morgan fingerprint density at radius 3 is 2.32 bits per heavy atom. The molecule has 2 fully saturated rings. The molecule has 0 unspecified atom stereocenters. The van der Waals surface area contributed by atoms with Crippen LogP contribution in [-0.4, -0.2) is 41.0 Å². The molecule has 3 rings (SSSR count). The summed E-state index contributed by atoms with van der Waals surface area (Å²) in [4.78, 5) is 14.7. The molecule has 1 aliphatic heterocycles. The van der Waals surface area contributed by atoms with Crippen molar-refractivity contribution in [2.75, 3.05) is 13.1 Å². The summed E-state index contributed by atoms with van der Waals surface area (Å²) in [5, 5.41) is 11.3. The average molecular weight is 375 g/mol. The number of nitrogens with zero attached hydrogens (tertiary/aromatic N) is 1. The maximum Gasteiger partial charge on any atom is 0.259 e. The SMILES string of the molecule is Cl.NC1CCN(C(=O)[C@](O)(c2ccccc2)[C@@H]2CCC(F)(F)C2)CC1. The van der Waals surface area contributed by atoms with Crippen LogP contribution in [-0.2, 0) is 10.4 Å². The second-order valence-electron chi connectivity index (χ2n) is 7.06. The van der Waals surface area contributed by atoms with Crippen LogP contribution in [0.4, 0.5) is 8.78 Å². The minimum Gasteiger partial charge on any atom is -0.375 e. The van der Waals surface area contributed by atoms with Gasteiger partial charge in [-0.25, -0.2) is 8.78 Å². The third-order valence-electron chi connectivity index (χ3n) is 5.36. The number of piperidine rings is 1. The van der Waals surface area contributed by atoms with Crippen molar-refractivity contribution in [3.8, 4) is 0 Å². The molecule has 1 saturated heterocycles. The molecule has 140 valence electrons. The van der Waals surface area contributed by atoms with E-state index in [1.807, 2.05) is 0 Å². The third-order valence-corrected chi connectivity index (χ3v) is 5.36. The van der Waals surface area contributed by atoms with Crippen molar-refractivity contribution in [1.82, 2.24) is 4.90 Å². The molecule has 3 N–H and O–H groups in total. The van der Waals surface area contributed by atoms with E-state index in [0.29, 0.717) is 31.5 Å². The van der Waals surface area contributed by atoms with E-state index in [4.69, 9.17) is 5.73 Å². The van der Waals surface area contributed by atoms with E-state index in [-0.39, 0.29) is 31.3 Å². The van der Waals surface area contributed by atoms with Gasteiger partial charge in [-0.3, -0.25) is 4.79 Å². The summed E-state index contributed by atoms with van der Waals surface area (Å²) in [6.07, 6.45) is 0.717. The first-order valence-electron chi connectivity index (χ1n) is 8.53. The number of aliphatic hydroxyl groups is 1. The molecule has 1 saturated carbocycles. The van der Waals surface area contributed by atoms with Gasteiger partial charge in [-0.15, -0.1) is 12.4 Å². The molecule has 0 radical (unpaired) electrons. The Morgan fingerprint density at radius 2 is 1.80 bits per heavy atom. The van der Waals surface area contributed by atoms with Crippen molar-refractivity contribution < 1.29 is 18.7 Å². The first kappa shape index (κ1) is 20.1. The number of amides is 1. The molecule has 4 nitrogen and oxygen atoms in total. The topological polar surface area (TPSA) is 66.6 Å². The second kappa shape index (κ2) is 7.56. The maximum absolute atomic E-state index is 13.7. The monoisotopic (exact) mass is 374 g/mol. The number of hydrogen-bond acceptors (Lipinski definition) is 3. The van der Waals surface area contributed by atoms with Crippen molar-refractivity contribution in [3.63, 3.8) is 0 Å². The molecule has 0 spiro atoms. The molecule has 25 heavy (non-hydrogen) atoms. The molecule has 1 aromatic carbocycles. The van der Waals surface area contributed by atoms with Crippen LogP contribution in [0.2, 0.25) is 0 Å². The number of alkyl halides is 2. The third kappa shape index (κ3) is 3.96. The Bertz CT molecular complexity index is 594. The fraction of sp³-hybridized carbons (Fsp3) is 0.611. The van der Waals surface area contributed by atoms with Crippen molar-refractivity contribution in [1.29, 1.82) is 0 Å². The molecule has 0 bridgehead atoms. The molecule has 2 atom stereocenters. The average Bonchev–Trinajstić information content (AvgIpc) is 2.95. The molecule has 1 amide bonds. The van der Waals surface area contributed by atoms with Gasteiger partial charge >= 0.3 is 0 Å². The number of likely N-dealkylation sites (tertiary alicyclic amines) is 1. The highest BCUT2D eigenvalue weighted by Crippen LogP contribution is 2.48. The van der Waals surface area contributed by atoms with Gasteiger partial charge in [0.15, 0.2) is 5.60 Å². The van der Waals surface area contributed by atoms with E-state index < -0.39 is 29.8 Å². The van der Waals surface area contributed by atoms with Gasteiger partial charge in [0.1, 0.15) is 0 Å². The number of carbonyl (C=O) groups excluding carboxylic acids is 1. The minimum atomic E-state index is -2.82. The van der Waals surface area contributed by atoms with E-state index in [0.717, 1.165) is 0 Å². The van der Waals surface area contributed by atoms with E-state index in [9.17, 15) is 18.7 Å². The summed E-state index contributed by atoms with van der Waals surface area (Å²) < 4.78 is 27.5. The quantitative estimate of drug-likeness (QED) is 0.854. The lowest BCUT2D eigenvalue weighted by Gasteiger charge is -2.40. The molecule has 1 aliphatic carbocycles. The normalized spacial score (nSPS) is 25.9. The fourth-order valence-corrected chi connectivity index (χ4v) is 3.88. The number of rotatable bonds is 3. The summed E-state index contributed by atoms with van der Waals surface area (Å²) in [5.74, 6) is -4.07. The number of benzene rings is 1. The first-order chi connectivity index (χ1) is 11.3. The summed E-state index contributed by atoms with van der Waals surface area (Å²) in [6.45, 7) is 0.913. The summed E-state index contributed by atoms with van der Waals surface area (Å²) in [5.41, 5.74) is 4.37. The highest BCUT2D eigenvalue weighted by atomic mass is 35.5. The smallest absolute Gasteiger partial charge is 0.259 e. The Morgan fingerprint density at radius 1 is 1.20 bits per heavy atom. The van der Waals surface area contributed by atoms with E-state index in [1.54, 1.807) is 35.2 Å². The lowest BCUT2D eigenvalue weighted by Crippen LogP contribution is -2.54. The Labute approximate surface area is 152 Å². The van der Waals surface area contributed by atoms with Crippen molar-refractivity contribution in [2.45, 2.75) is 49.7 Å². The minimum absolute atomic E-state index is 0. The van der Waals surface area contributed by atoms with Crippen molar-refractivity contribution in [2.24, 2.45) is 11.7 Å². The molecular formula is C18H25ClF2N2O2. The predicted molar refractivity (Wildman–Crippen MR) is 93.7 cm³/mol. The van der Waals surface area contributed by atoms with Gasteiger partial charge in [0.2, 0.25) is 5.92 Å². The zero-order valence-corrected chi connectivity index (χ0v) is 14.9. The molecular weight excluding hydrogens is 350 g/mol. The molecule has 1 heterocycles. The molecule has 1 aromatic rings. The largest absolute Gasteiger partial charge is 0.375 e. The van der Waals surface area contributed by atoms with Crippen LogP contribution < -0.4 is 5.73 Å².